The van der Waals surface area contributed by atoms with Crippen LogP contribution < -0.4 is 4.90 Å². The predicted octanol–water partition coefficient (Wildman–Crippen LogP) is 3.79. The molecule has 0 radical (unpaired) electrons. The second-order valence-corrected chi connectivity index (χ2v) is 11.1. The molecule has 2 aliphatic carbocycles. The van der Waals surface area contributed by atoms with Crippen LogP contribution in [0.25, 0.3) is 0 Å². The number of aromatic nitrogens is 2. The zero-order valence-electron chi connectivity index (χ0n) is 19.2. The van der Waals surface area contributed by atoms with Crippen LogP contribution in [0.2, 0.25) is 5.02 Å². The number of nitriles is 1. The molecule has 1 spiro atoms. The van der Waals surface area contributed by atoms with Crippen molar-refractivity contribution in [3.63, 3.8) is 0 Å². The molecule has 1 aliphatic heterocycles. The van der Waals surface area contributed by atoms with E-state index in [1.165, 1.54) is 11.2 Å². The molecule has 8 nitrogen and oxygen atoms in total. The fraction of sp³-hybridized carbons (Fsp3) is 0.500. The molecule has 1 N–H and O–H groups in total. The topological polar surface area (TPSA) is 110 Å². The van der Waals surface area contributed by atoms with Crippen LogP contribution in [0.3, 0.4) is 0 Å². The molecule has 35 heavy (non-hydrogen) atoms. The monoisotopic (exact) mass is 517 g/mol. The molecule has 1 amide bonds. The van der Waals surface area contributed by atoms with Crippen LogP contribution in [0.15, 0.2) is 23.4 Å². The highest BCUT2D eigenvalue weighted by Crippen LogP contribution is 2.56. The lowest BCUT2D eigenvalue weighted by molar-refractivity contribution is 0.118. The van der Waals surface area contributed by atoms with E-state index in [9.17, 15) is 19.4 Å². The van der Waals surface area contributed by atoms with Crippen molar-refractivity contribution in [3.8, 4) is 6.07 Å². The average molecular weight is 518 g/mol. The molecule has 1 fully saturated rings. The Hall–Kier alpha value is -2.77. The van der Waals surface area contributed by atoms with Gasteiger partial charge in [0, 0.05) is 41.9 Å². The summed E-state index contributed by atoms with van der Waals surface area (Å²) in [7, 11) is -1.54. The van der Waals surface area contributed by atoms with Crippen LogP contribution in [-0.4, -0.2) is 62.2 Å². The second-order valence-electron chi connectivity index (χ2n) is 9.37. The lowest BCUT2D eigenvalue weighted by atomic mass is 9.68. The maximum absolute atomic E-state index is 16.5. The van der Waals surface area contributed by atoms with E-state index < -0.39 is 34.5 Å². The molecule has 184 valence electrons. The minimum Gasteiger partial charge on any atom is -0.465 e. The van der Waals surface area contributed by atoms with E-state index in [1.807, 2.05) is 23.1 Å². The normalized spacial score (nSPS) is 26.2. The zero-order valence-corrected chi connectivity index (χ0v) is 20.8. The number of alkyl halides is 1. The molecular weight excluding hydrogens is 493 g/mol. The quantitative estimate of drug-likeness (QED) is 0.616. The number of carbonyl (C=O) groups is 1. The molecule has 1 aromatic heterocycles. The first-order valence-corrected chi connectivity index (χ1v) is 13.5. The van der Waals surface area contributed by atoms with Gasteiger partial charge in [0.05, 0.1) is 35.0 Å². The SMILES string of the molecule is CS(=O)c1nc2c(c(N3CCN(C(=O)O)[C@@H](CC#N)C3)n1)CC[C@@]1(CCc3c(Cl)cccc31)[C@H]2F. The van der Waals surface area contributed by atoms with Gasteiger partial charge in [0.1, 0.15) is 5.82 Å². The molecule has 1 unspecified atom stereocenters. The Morgan fingerprint density at radius 3 is 2.74 bits per heavy atom. The Morgan fingerprint density at radius 1 is 1.31 bits per heavy atom. The van der Waals surface area contributed by atoms with Crippen molar-refractivity contribution < 1.29 is 18.5 Å². The minimum atomic E-state index is -1.54. The van der Waals surface area contributed by atoms with Crippen molar-refractivity contribution in [2.45, 2.75) is 54.9 Å². The van der Waals surface area contributed by atoms with E-state index in [-0.39, 0.29) is 30.4 Å². The second kappa shape index (κ2) is 9.03. The van der Waals surface area contributed by atoms with Crippen LogP contribution >= 0.6 is 11.6 Å². The molecule has 1 aromatic carbocycles. The Morgan fingerprint density at radius 2 is 2.06 bits per heavy atom. The number of piperazine rings is 1. The number of hydrogen-bond acceptors (Lipinski definition) is 6. The van der Waals surface area contributed by atoms with Gasteiger partial charge in [0.2, 0.25) is 5.16 Å². The van der Waals surface area contributed by atoms with Crippen molar-refractivity contribution >= 4 is 34.3 Å². The number of carboxylic acid groups (broad SMARTS) is 1. The largest absolute Gasteiger partial charge is 0.465 e. The fourth-order valence-corrected chi connectivity index (χ4v) is 6.62. The van der Waals surface area contributed by atoms with Gasteiger partial charge in [-0.1, -0.05) is 23.7 Å². The van der Waals surface area contributed by atoms with E-state index in [2.05, 4.69) is 16.0 Å². The highest BCUT2D eigenvalue weighted by Gasteiger charge is 2.51. The summed E-state index contributed by atoms with van der Waals surface area (Å²) in [6.45, 7) is 0.785. The number of nitrogens with zero attached hydrogens (tertiary/aromatic N) is 5. The Balaban J connectivity index is 1.57. The van der Waals surface area contributed by atoms with Crippen LogP contribution in [0.1, 0.15) is 47.8 Å². The number of fused-ring (bicyclic) bond motifs is 3. The van der Waals surface area contributed by atoms with E-state index in [0.717, 1.165) is 11.1 Å². The number of amides is 1. The van der Waals surface area contributed by atoms with Gasteiger partial charge in [0.25, 0.3) is 0 Å². The Kier molecular flexibility index (Phi) is 6.18. The van der Waals surface area contributed by atoms with Crippen molar-refractivity contribution in [2.75, 3.05) is 30.8 Å². The van der Waals surface area contributed by atoms with Crippen LogP contribution in [0, 0.1) is 11.3 Å². The summed E-state index contributed by atoms with van der Waals surface area (Å²) in [5.74, 6) is 0.495. The maximum Gasteiger partial charge on any atom is 0.407 e. The molecule has 4 atom stereocenters. The molecule has 3 aliphatic rings. The van der Waals surface area contributed by atoms with Gasteiger partial charge in [-0.3, -0.25) is 4.21 Å². The molecule has 2 aromatic rings. The number of anilines is 1. The molecule has 5 rings (SSSR count). The molecule has 0 saturated carbocycles. The Bertz CT molecular complexity index is 1270. The minimum absolute atomic E-state index is 0.0367. The van der Waals surface area contributed by atoms with Gasteiger partial charge in [0.15, 0.2) is 6.17 Å². The lowest BCUT2D eigenvalue weighted by Crippen LogP contribution is -2.55. The molecule has 2 heterocycles. The zero-order chi connectivity index (χ0) is 24.9. The first kappa shape index (κ1) is 23.9. The van der Waals surface area contributed by atoms with Gasteiger partial charge < -0.3 is 14.9 Å². The first-order chi connectivity index (χ1) is 16.8. The third-order valence-corrected chi connectivity index (χ3v) is 8.68. The van der Waals surface area contributed by atoms with Crippen molar-refractivity contribution in [3.05, 3.63) is 45.6 Å². The van der Waals surface area contributed by atoms with Crippen LogP contribution in [0.4, 0.5) is 15.0 Å². The summed E-state index contributed by atoms with van der Waals surface area (Å²) in [6.07, 6.45) is 1.43. The maximum atomic E-state index is 16.5. The van der Waals surface area contributed by atoms with E-state index in [0.29, 0.717) is 48.6 Å². The highest BCUT2D eigenvalue weighted by molar-refractivity contribution is 7.84. The number of rotatable bonds is 3. The van der Waals surface area contributed by atoms with Gasteiger partial charge in [-0.25, -0.2) is 19.2 Å². The molecule has 1 saturated heterocycles. The summed E-state index contributed by atoms with van der Waals surface area (Å²) in [6, 6.07) is 7.15. The van der Waals surface area contributed by atoms with Gasteiger partial charge in [-0.15, -0.1) is 0 Å². The smallest absolute Gasteiger partial charge is 0.407 e. The van der Waals surface area contributed by atoms with E-state index in [4.69, 9.17) is 11.6 Å². The number of benzene rings is 1. The van der Waals surface area contributed by atoms with Crippen LogP contribution in [0.5, 0.6) is 0 Å². The third kappa shape index (κ3) is 3.85. The Labute approximate surface area is 210 Å². The fourth-order valence-electron chi connectivity index (χ4n) is 5.91. The van der Waals surface area contributed by atoms with E-state index in [1.54, 1.807) is 0 Å². The third-order valence-electron chi connectivity index (χ3n) is 7.63. The summed E-state index contributed by atoms with van der Waals surface area (Å²) in [4.78, 5) is 23.8. The van der Waals surface area contributed by atoms with E-state index >= 15 is 4.39 Å². The molecule has 0 bridgehead atoms. The van der Waals surface area contributed by atoms with Crippen molar-refractivity contribution in [2.24, 2.45) is 0 Å². The molecular formula is C24H25ClFN5O3S. The van der Waals surface area contributed by atoms with Gasteiger partial charge in [-0.2, -0.15) is 5.26 Å². The summed E-state index contributed by atoms with van der Waals surface area (Å²) in [5.41, 5.74) is 2.10. The summed E-state index contributed by atoms with van der Waals surface area (Å²) < 4.78 is 29.0. The number of hydrogen-bond donors (Lipinski definition) is 1. The predicted molar refractivity (Wildman–Crippen MR) is 129 cm³/mol. The molecule has 11 heteroatoms. The van der Waals surface area contributed by atoms with Crippen molar-refractivity contribution in [1.82, 2.24) is 14.9 Å². The average Bonchev–Trinajstić information content (AvgIpc) is 3.21. The summed E-state index contributed by atoms with van der Waals surface area (Å²) >= 11 is 6.42. The van der Waals surface area contributed by atoms with Crippen LogP contribution in [-0.2, 0) is 29.1 Å². The van der Waals surface area contributed by atoms with Crippen molar-refractivity contribution in [1.29, 1.82) is 5.26 Å². The standard InChI is InChI=1S/C24H25ClFN5O3S/c1-35(34)22-28-19-16(21(29-22)30-11-12-31(23(32)33)14(13-30)7-10-27)6-9-24(20(19)26)8-5-15-17(24)3-2-4-18(15)25/h2-4,14,20H,5-9,11-13H2,1H3,(H,32,33)/t14-,20-,24+,35?/m0/s1. The number of halogens is 2. The lowest BCUT2D eigenvalue weighted by Gasteiger charge is -2.43. The highest BCUT2D eigenvalue weighted by atomic mass is 35.5. The van der Waals surface area contributed by atoms with Gasteiger partial charge in [-0.05, 0) is 42.9 Å². The first-order valence-electron chi connectivity index (χ1n) is 11.5. The summed E-state index contributed by atoms with van der Waals surface area (Å²) in [5, 5.41) is 19.5. The van der Waals surface area contributed by atoms with Gasteiger partial charge >= 0.3 is 6.09 Å².